The highest BCUT2D eigenvalue weighted by atomic mass is 19.1. The third-order valence-corrected chi connectivity index (χ3v) is 3.03. The monoisotopic (exact) mass is 266 g/mol. The van der Waals surface area contributed by atoms with E-state index < -0.39 is 0 Å². The van der Waals surface area contributed by atoms with Crippen molar-refractivity contribution in [2.24, 2.45) is 0 Å². The predicted octanol–water partition coefficient (Wildman–Crippen LogP) is -0.608. The Bertz CT molecular complexity index is 475. The fraction of sp³-hybridized carbons (Fsp3) is 0.385. The molecule has 1 aliphatic heterocycles. The van der Waals surface area contributed by atoms with Crippen LogP contribution in [0.2, 0.25) is 0 Å². The highest BCUT2D eigenvalue weighted by Gasteiger charge is 2.27. The van der Waals surface area contributed by atoms with Crippen LogP contribution in [0.4, 0.5) is 9.18 Å². The summed E-state index contributed by atoms with van der Waals surface area (Å²) in [6.07, 6.45) is 0. The Labute approximate surface area is 111 Å². The lowest BCUT2D eigenvalue weighted by molar-refractivity contribution is -0.885. The summed E-state index contributed by atoms with van der Waals surface area (Å²) in [5.74, 6) is -0.458. The second-order valence-corrected chi connectivity index (χ2v) is 4.71. The average molecular weight is 266 g/mol. The van der Waals surface area contributed by atoms with Crippen LogP contribution in [0.25, 0.3) is 0 Å². The van der Waals surface area contributed by atoms with Gasteiger partial charge in [0.15, 0.2) is 6.54 Å². The molecule has 0 aliphatic carbocycles. The Hall–Kier alpha value is -1.95. The molecular formula is C13H17FN3O2+. The molecule has 6 heteroatoms. The standard InChI is InChI=1S/C13H16FN3O2/c1-16(8-10-2-4-11(14)5-3-10)9-12(18)17-7-6-15-13(17)19/h2-5H,6-9H2,1H3,(H,15,19)/p+1. The lowest BCUT2D eigenvalue weighted by Crippen LogP contribution is -3.08. The van der Waals surface area contributed by atoms with Gasteiger partial charge in [0.1, 0.15) is 12.4 Å². The molecule has 2 N–H and O–H groups in total. The molecule has 5 nitrogen and oxygen atoms in total. The van der Waals surface area contributed by atoms with Crippen molar-refractivity contribution in [3.8, 4) is 0 Å². The van der Waals surface area contributed by atoms with Crippen LogP contribution in [0.3, 0.4) is 0 Å². The highest BCUT2D eigenvalue weighted by molar-refractivity contribution is 5.96. The first-order valence-electron chi connectivity index (χ1n) is 6.20. The average Bonchev–Trinajstić information content (AvgIpc) is 2.78. The van der Waals surface area contributed by atoms with Gasteiger partial charge in [0.05, 0.1) is 7.05 Å². The van der Waals surface area contributed by atoms with E-state index in [1.807, 2.05) is 7.05 Å². The number of carbonyl (C=O) groups is 2. The van der Waals surface area contributed by atoms with Gasteiger partial charge in [-0.05, 0) is 12.1 Å². The Morgan fingerprint density at radius 3 is 2.68 bits per heavy atom. The number of hydrogen-bond donors (Lipinski definition) is 2. The van der Waals surface area contributed by atoms with E-state index in [0.717, 1.165) is 10.5 Å². The molecule has 0 aromatic heterocycles. The van der Waals surface area contributed by atoms with Gasteiger partial charge in [-0.3, -0.25) is 9.69 Å². The lowest BCUT2D eigenvalue weighted by atomic mass is 10.2. The first-order chi connectivity index (χ1) is 9.06. The second kappa shape index (κ2) is 5.79. The predicted molar refractivity (Wildman–Crippen MR) is 67.0 cm³/mol. The number of rotatable bonds is 4. The second-order valence-electron chi connectivity index (χ2n) is 4.71. The van der Waals surface area contributed by atoms with Crippen molar-refractivity contribution in [1.29, 1.82) is 0 Å². The summed E-state index contributed by atoms with van der Waals surface area (Å²) in [7, 11) is 1.87. The van der Waals surface area contributed by atoms with Gasteiger partial charge in [0.2, 0.25) is 0 Å². The van der Waals surface area contributed by atoms with Crippen molar-refractivity contribution in [2.45, 2.75) is 6.54 Å². The topological polar surface area (TPSA) is 53.9 Å². The fourth-order valence-corrected chi connectivity index (χ4v) is 2.08. The molecular weight excluding hydrogens is 249 g/mol. The third kappa shape index (κ3) is 3.51. The molecule has 19 heavy (non-hydrogen) atoms. The van der Waals surface area contributed by atoms with Crippen molar-refractivity contribution in [3.63, 3.8) is 0 Å². The van der Waals surface area contributed by atoms with E-state index in [1.165, 1.54) is 17.0 Å². The molecule has 1 atom stereocenters. The molecule has 1 unspecified atom stereocenters. The Morgan fingerprint density at radius 2 is 2.11 bits per heavy atom. The molecule has 1 saturated heterocycles. The maximum Gasteiger partial charge on any atom is 0.324 e. The summed E-state index contributed by atoms with van der Waals surface area (Å²) in [6, 6.07) is 5.88. The number of quaternary nitrogens is 1. The molecule has 1 aromatic carbocycles. The van der Waals surface area contributed by atoms with Gasteiger partial charge in [-0.2, -0.15) is 0 Å². The number of likely N-dealkylation sites (N-methyl/N-ethyl adjacent to an activating group) is 1. The molecule has 0 radical (unpaired) electrons. The van der Waals surface area contributed by atoms with Gasteiger partial charge < -0.3 is 10.2 Å². The Morgan fingerprint density at radius 1 is 1.42 bits per heavy atom. The van der Waals surface area contributed by atoms with Crippen LogP contribution in [0.15, 0.2) is 24.3 Å². The SMILES string of the molecule is C[NH+](CC(=O)N1CCNC1=O)Cc1ccc(F)cc1. The molecule has 1 aromatic rings. The van der Waals surface area contributed by atoms with Gasteiger partial charge >= 0.3 is 6.03 Å². The number of hydrogen-bond acceptors (Lipinski definition) is 2. The number of nitrogens with one attached hydrogen (secondary N) is 2. The normalized spacial score (nSPS) is 16.3. The molecule has 0 saturated carbocycles. The molecule has 1 fully saturated rings. The minimum absolute atomic E-state index is 0.186. The summed E-state index contributed by atoms with van der Waals surface area (Å²) in [5, 5.41) is 2.59. The number of urea groups is 1. The zero-order valence-electron chi connectivity index (χ0n) is 10.8. The van der Waals surface area contributed by atoms with Crippen LogP contribution in [-0.4, -0.2) is 43.5 Å². The Kier molecular flexibility index (Phi) is 4.11. The zero-order valence-corrected chi connectivity index (χ0v) is 10.8. The molecule has 0 bridgehead atoms. The minimum Gasteiger partial charge on any atom is -0.336 e. The molecule has 1 aliphatic rings. The number of benzene rings is 1. The van der Waals surface area contributed by atoms with Crippen molar-refractivity contribution < 1.29 is 18.9 Å². The van der Waals surface area contributed by atoms with Gasteiger partial charge in [0, 0.05) is 18.7 Å². The molecule has 2 rings (SSSR count). The molecule has 1 heterocycles. The smallest absolute Gasteiger partial charge is 0.324 e. The van der Waals surface area contributed by atoms with Crippen molar-refractivity contribution >= 4 is 11.9 Å². The number of nitrogens with zero attached hydrogens (tertiary/aromatic N) is 1. The first kappa shape index (κ1) is 13.5. The van der Waals surface area contributed by atoms with Crippen LogP contribution >= 0.6 is 0 Å². The van der Waals surface area contributed by atoms with Crippen LogP contribution in [0.1, 0.15) is 5.56 Å². The van der Waals surface area contributed by atoms with E-state index in [-0.39, 0.29) is 24.3 Å². The summed E-state index contributed by atoms with van der Waals surface area (Å²) in [5.41, 5.74) is 0.956. The summed E-state index contributed by atoms with van der Waals surface area (Å²) < 4.78 is 12.8. The summed E-state index contributed by atoms with van der Waals surface area (Å²) in [6.45, 7) is 1.80. The van der Waals surface area contributed by atoms with Crippen molar-refractivity contribution in [3.05, 3.63) is 35.6 Å². The maximum absolute atomic E-state index is 12.8. The van der Waals surface area contributed by atoms with E-state index in [9.17, 15) is 14.0 Å². The molecule has 3 amide bonds. The van der Waals surface area contributed by atoms with E-state index in [2.05, 4.69) is 5.32 Å². The minimum atomic E-state index is -0.320. The van der Waals surface area contributed by atoms with E-state index in [4.69, 9.17) is 0 Å². The number of halogens is 1. The summed E-state index contributed by atoms with van der Waals surface area (Å²) in [4.78, 5) is 25.4. The number of carbonyl (C=O) groups excluding carboxylic acids is 2. The number of imide groups is 1. The van der Waals surface area contributed by atoms with Gasteiger partial charge in [-0.15, -0.1) is 0 Å². The largest absolute Gasteiger partial charge is 0.336 e. The highest BCUT2D eigenvalue weighted by Crippen LogP contribution is 2.01. The van der Waals surface area contributed by atoms with Gasteiger partial charge in [-0.25, -0.2) is 9.18 Å². The molecule has 0 spiro atoms. The fourth-order valence-electron chi connectivity index (χ4n) is 2.08. The Balaban J connectivity index is 1.87. The maximum atomic E-state index is 12.8. The van der Waals surface area contributed by atoms with Gasteiger partial charge in [0.25, 0.3) is 5.91 Å². The lowest BCUT2D eigenvalue weighted by Gasteiger charge is -2.17. The van der Waals surface area contributed by atoms with Crippen LogP contribution in [-0.2, 0) is 11.3 Å². The molecule has 102 valence electrons. The van der Waals surface area contributed by atoms with Crippen molar-refractivity contribution in [2.75, 3.05) is 26.7 Å². The number of amides is 3. The van der Waals surface area contributed by atoms with E-state index in [0.29, 0.717) is 19.6 Å². The van der Waals surface area contributed by atoms with Crippen LogP contribution in [0.5, 0.6) is 0 Å². The van der Waals surface area contributed by atoms with Crippen LogP contribution in [0, 0.1) is 5.82 Å². The van der Waals surface area contributed by atoms with Crippen LogP contribution < -0.4 is 10.2 Å². The summed E-state index contributed by atoms with van der Waals surface area (Å²) >= 11 is 0. The quantitative estimate of drug-likeness (QED) is 0.764. The first-order valence-corrected chi connectivity index (χ1v) is 6.20. The van der Waals surface area contributed by atoms with Crippen molar-refractivity contribution in [1.82, 2.24) is 10.2 Å². The van der Waals surface area contributed by atoms with Gasteiger partial charge in [-0.1, -0.05) is 12.1 Å². The van der Waals surface area contributed by atoms with E-state index in [1.54, 1.807) is 12.1 Å². The third-order valence-electron chi connectivity index (χ3n) is 3.03. The van der Waals surface area contributed by atoms with E-state index >= 15 is 0 Å². The zero-order chi connectivity index (χ0) is 13.8.